The van der Waals surface area contributed by atoms with Crippen molar-refractivity contribution in [2.45, 2.75) is 0 Å². The Labute approximate surface area is 184 Å². The summed E-state index contributed by atoms with van der Waals surface area (Å²) in [6, 6.07) is 17.4. The molecule has 0 heterocycles. The highest BCUT2D eigenvalue weighted by Crippen LogP contribution is 2.19. The van der Waals surface area contributed by atoms with Crippen LogP contribution in [0.1, 0.15) is 15.9 Å². The number of rotatable bonds is 6. The molecule has 0 radical (unpaired) electrons. The molecule has 0 saturated heterocycles. The number of non-ortho nitro benzene ring substituents is 1. The number of nitrogens with one attached hydrogen (secondary N) is 2. The van der Waals surface area contributed by atoms with Crippen LogP contribution in [0.4, 0.5) is 15.8 Å². The molecule has 0 atom stereocenters. The van der Waals surface area contributed by atoms with Crippen molar-refractivity contribution in [3.8, 4) is 0 Å². The van der Waals surface area contributed by atoms with Crippen LogP contribution in [0.5, 0.6) is 0 Å². The maximum atomic E-state index is 13.1. The second kappa shape index (κ2) is 9.77. The van der Waals surface area contributed by atoms with Gasteiger partial charge in [-0.2, -0.15) is 0 Å². The third-order valence-electron chi connectivity index (χ3n) is 4.11. The zero-order valence-corrected chi connectivity index (χ0v) is 17.4. The predicted octanol–water partition coefficient (Wildman–Crippen LogP) is 4.91. The normalized spacial score (nSPS) is 11.0. The molecule has 3 aromatic rings. The van der Waals surface area contributed by atoms with E-state index in [0.717, 1.165) is 0 Å². The zero-order valence-electron chi connectivity index (χ0n) is 15.8. The van der Waals surface area contributed by atoms with Gasteiger partial charge in [-0.05, 0) is 64.0 Å². The molecule has 0 unspecified atom stereocenters. The van der Waals surface area contributed by atoms with Crippen LogP contribution in [0.25, 0.3) is 6.08 Å². The standard InChI is InChI=1S/C22H15BrFN3O4/c23-19-7-2-1-6-18(19)21(28)26-20(13-14-4-3-5-17(12-14)27(30)31)22(29)25-16-10-8-15(24)9-11-16/h1-13H,(H,25,29)(H,26,28). The molecule has 0 aliphatic heterocycles. The number of carbonyl (C=O) groups excluding carboxylic acids is 2. The van der Waals surface area contributed by atoms with Crippen LogP contribution in [0.3, 0.4) is 0 Å². The van der Waals surface area contributed by atoms with Gasteiger partial charge in [0.1, 0.15) is 11.5 Å². The van der Waals surface area contributed by atoms with E-state index in [9.17, 15) is 24.1 Å². The molecule has 3 aromatic carbocycles. The van der Waals surface area contributed by atoms with Crippen molar-refractivity contribution in [1.29, 1.82) is 0 Å². The van der Waals surface area contributed by atoms with Crippen LogP contribution >= 0.6 is 15.9 Å². The lowest BCUT2D eigenvalue weighted by molar-refractivity contribution is -0.384. The number of benzene rings is 3. The minimum Gasteiger partial charge on any atom is -0.321 e. The molecule has 0 aliphatic carbocycles. The fraction of sp³-hybridized carbons (Fsp3) is 0. The molecular formula is C22H15BrFN3O4. The Morgan fingerprint density at radius 2 is 1.71 bits per heavy atom. The number of anilines is 1. The first-order chi connectivity index (χ1) is 14.8. The van der Waals surface area contributed by atoms with E-state index in [2.05, 4.69) is 26.6 Å². The Hall–Kier alpha value is -3.85. The largest absolute Gasteiger partial charge is 0.321 e. The van der Waals surface area contributed by atoms with Gasteiger partial charge < -0.3 is 10.6 Å². The van der Waals surface area contributed by atoms with E-state index in [1.165, 1.54) is 48.5 Å². The van der Waals surface area contributed by atoms with Crippen molar-refractivity contribution in [3.05, 3.63) is 110 Å². The van der Waals surface area contributed by atoms with Crippen LogP contribution in [0, 0.1) is 15.9 Å². The zero-order chi connectivity index (χ0) is 22.4. The SMILES string of the molecule is O=C(Nc1ccc(F)cc1)C(=Cc1cccc([N+](=O)[O-])c1)NC(=O)c1ccccc1Br. The molecule has 2 N–H and O–H groups in total. The molecule has 2 amide bonds. The van der Waals surface area contributed by atoms with Crippen molar-refractivity contribution in [2.24, 2.45) is 0 Å². The number of nitro groups is 1. The molecule has 0 spiro atoms. The fourth-order valence-corrected chi connectivity index (χ4v) is 3.08. The Morgan fingerprint density at radius 1 is 1.00 bits per heavy atom. The van der Waals surface area contributed by atoms with Crippen LogP contribution < -0.4 is 10.6 Å². The summed E-state index contributed by atoms with van der Waals surface area (Å²) in [6.45, 7) is 0. The van der Waals surface area contributed by atoms with Crippen molar-refractivity contribution >= 4 is 45.2 Å². The van der Waals surface area contributed by atoms with Crippen molar-refractivity contribution < 1.29 is 18.9 Å². The summed E-state index contributed by atoms with van der Waals surface area (Å²) in [6.07, 6.45) is 1.32. The Bertz CT molecular complexity index is 1180. The molecule has 3 rings (SSSR count). The van der Waals surface area contributed by atoms with E-state index in [4.69, 9.17) is 0 Å². The number of nitrogens with zero attached hydrogens (tertiary/aromatic N) is 1. The summed E-state index contributed by atoms with van der Waals surface area (Å²) in [5, 5.41) is 16.1. The lowest BCUT2D eigenvalue weighted by Gasteiger charge is -2.12. The van der Waals surface area contributed by atoms with Crippen molar-refractivity contribution in [2.75, 3.05) is 5.32 Å². The monoisotopic (exact) mass is 483 g/mol. The predicted molar refractivity (Wildman–Crippen MR) is 118 cm³/mol. The van der Waals surface area contributed by atoms with Crippen LogP contribution in [-0.4, -0.2) is 16.7 Å². The highest BCUT2D eigenvalue weighted by atomic mass is 79.9. The van der Waals surface area contributed by atoms with Crippen LogP contribution in [0.15, 0.2) is 83.0 Å². The van der Waals surface area contributed by atoms with Gasteiger partial charge in [0, 0.05) is 22.3 Å². The topological polar surface area (TPSA) is 101 Å². The van der Waals surface area contributed by atoms with Gasteiger partial charge >= 0.3 is 0 Å². The summed E-state index contributed by atoms with van der Waals surface area (Å²) < 4.78 is 13.7. The fourth-order valence-electron chi connectivity index (χ4n) is 2.62. The molecule has 156 valence electrons. The van der Waals surface area contributed by atoms with E-state index in [1.54, 1.807) is 30.3 Å². The van der Waals surface area contributed by atoms with Crippen LogP contribution in [-0.2, 0) is 4.79 Å². The van der Waals surface area contributed by atoms with Gasteiger partial charge in [0.25, 0.3) is 17.5 Å². The van der Waals surface area contributed by atoms with Gasteiger partial charge in [-0.25, -0.2) is 4.39 Å². The molecule has 0 bridgehead atoms. The molecule has 0 fully saturated rings. The Morgan fingerprint density at radius 3 is 2.39 bits per heavy atom. The van der Waals surface area contributed by atoms with Gasteiger partial charge in [0.05, 0.1) is 10.5 Å². The van der Waals surface area contributed by atoms with Crippen LogP contribution in [0.2, 0.25) is 0 Å². The number of hydrogen-bond donors (Lipinski definition) is 2. The molecular weight excluding hydrogens is 469 g/mol. The van der Waals surface area contributed by atoms with Gasteiger partial charge in [-0.1, -0.05) is 24.3 Å². The second-order valence-electron chi connectivity index (χ2n) is 6.31. The average molecular weight is 484 g/mol. The van der Waals surface area contributed by atoms with E-state index in [-0.39, 0.29) is 11.4 Å². The first kappa shape index (κ1) is 21.8. The molecule has 0 saturated carbocycles. The van der Waals surface area contributed by atoms with E-state index in [0.29, 0.717) is 21.3 Å². The molecule has 9 heteroatoms. The highest BCUT2D eigenvalue weighted by Gasteiger charge is 2.17. The number of nitro benzene ring substituents is 1. The summed E-state index contributed by atoms with van der Waals surface area (Å²) in [7, 11) is 0. The summed E-state index contributed by atoms with van der Waals surface area (Å²) in [5.41, 5.74) is 0.633. The number of carbonyl (C=O) groups is 2. The van der Waals surface area contributed by atoms with Crippen molar-refractivity contribution in [3.63, 3.8) is 0 Å². The first-order valence-electron chi connectivity index (χ1n) is 8.92. The summed E-state index contributed by atoms with van der Waals surface area (Å²) in [5.74, 6) is -1.70. The molecule has 0 aliphatic rings. The lowest BCUT2D eigenvalue weighted by atomic mass is 10.1. The Balaban J connectivity index is 1.94. The van der Waals surface area contributed by atoms with E-state index >= 15 is 0 Å². The van der Waals surface area contributed by atoms with Gasteiger partial charge in [-0.15, -0.1) is 0 Å². The average Bonchev–Trinajstić information content (AvgIpc) is 2.75. The molecule has 31 heavy (non-hydrogen) atoms. The first-order valence-corrected chi connectivity index (χ1v) is 9.72. The number of amides is 2. The quantitative estimate of drug-likeness (QED) is 0.295. The maximum absolute atomic E-state index is 13.1. The summed E-state index contributed by atoms with van der Waals surface area (Å²) >= 11 is 3.29. The smallest absolute Gasteiger partial charge is 0.272 e. The van der Waals surface area contributed by atoms with E-state index in [1.807, 2.05) is 0 Å². The Kier molecular flexibility index (Phi) is 6.88. The van der Waals surface area contributed by atoms with E-state index < -0.39 is 22.6 Å². The van der Waals surface area contributed by atoms with Gasteiger partial charge in [-0.3, -0.25) is 19.7 Å². The lowest BCUT2D eigenvalue weighted by Crippen LogP contribution is -2.31. The minimum absolute atomic E-state index is 0.148. The second-order valence-corrected chi connectivity index (χ2v) is 7.16. The molecule has 7 nitrogen and oxygen atoms in total. The van der Waals surface area contributed by atoms with Gasteiger partial charge in [0.15, 0.2) is 0 Å². The van der Waals surface area contributed by atoms with Gasteiger partial charge in [0.2, 0.25) is 0 Å². The van der Waals surface area contributed by atoms with Crippen molar-refractivity contribution in [1.82, 2.24) is 5.32 Å². The third kappa shape index (κ3) is 5.83. The highest BCUT2D eigenvalue weighted by molar-refractivity contribution is 9.10. The summed E-state index contributed by atoms with van der Waals surface area (Å²) in [4.78, 5) is 36.0. The third-order valence-corrected chi connectivity index (χ3v) is 4.80. The molecule has 0 aromatic heterocycles. The number of halogens is 2. The minimum atomic E-state index is -0.682. The number of hydrogen-bond acceptors (Lipinski definition) is 4. The maximum Gasteiger partial charge on any atom is 0.272 e.